The highest BCUT2D eigenvalue weighted by molar-refractivity contribution is 6.05. The molecular weight excluding hydrogens is 456 g/mol. The summed E-state index contributed by atoms with van der Waals surface area (Å²) in [6.07, 6.45) is 3.29. The van der Waals surface area contributed by atoms with E-state index in [1.54, 1.807) is 37.4 Å². The molecule has 0 atom stereocenters. The smallest absolute Gasteiger partial charge is 0.258 e. The van der Waals surface area contributed by atoms with Crippen LogP contribution in [0.1, 0.15) is 63.2 Å². The first-order valence-corrected chi connectivity index (χ1v) is 11.9. The van der Waals surface area contributed by atoms with Gasteiger partial charge in [-0.1, -0.05) is 20.8 Å². The summed E-state index contributed by atoms with van der Waals surface area (Å²) < 4.78 is 14.4. The minimum Gasteiger partial charge on any atom is -0.497 e. The predicted molar refractivity (Wildman–Crippen MR) is 140 cm³/mol. The van der Waals surface area contributed by atoms with Crippen molar-refractivity contribution in [1.29, 1.82) is 0 Å². The number of hydrogen-bond acceptors (Lipinski definition) is 6. The van der Waals surface area contributed by atoms with Crippen molar-refractivity contribution >= 4 is 22.8 Å². The van der Waals surface area contributed by atoms with Crippen molar-refractivity contribution in [3.63, 3.8) is 0 Å². The quantitative estimate of drug-likeness (QED) is 0.409. The second-order valence-electron chi connectivity index (χ2n) is 10.8. The largest absolute Gasteiger partial charge is 0.497 e. The Hall–Kier alpha value is -3.88. The summed E-state index contributed by atoms with van der Waals surface area (Å²) in [5.41, 5.74) is 2.55. The summed E-state index contributed by atoms with van der Waals surface area (Å²) >= 11 is 0. The maximum Gasteiger partial charge on any atom is 0.258 e. The van der Waals surface area contributed by atoms with Crippen LogP contribution in [0.4, 0.5) is 5.82 Å². The van der Waals surface area contributed by atoms with Gasteiger partial charge in [0.25, 0.3) is 5.91 Å². The standard InChI is InChI=1S/C27H34N6O3/c1-26(2,3)22-13-23(33(31-22)27(4,5)6)30-25(34)19-11-18-15-29-32(24(18)28-14-19)16-17-9-10-20(35-7)12-21(17)36-8/h9-15H,16H2,1-8H3,(H,30,34). The van der Waals surface area contributed by atoms with Crippen molar-refractivity contribution in [3.05, 3.63) is 59.5 Å². The van der Waals surface area contributed by atoms with Crippen LogP contribution in [0.25, 0.3) is 11.0 Å². The number of methoxy groups -OCH3 is 2. The van der Waals surface area contributed by atoms with E-state index in [2.05, 4.69) is 56.9 Å². The zero-order valence-corrected chi connectivity index (χ0v) is 22.2. The van der Waals surface area contributed by atoms with Gasteiger partial charge >= 0.3 is 0 Å². The normalized spacial score (nSPS) is 12.1. The summed E-state index contributed by atoms with van der Waals surface area (Å²) in [5, 5.41) is 13.1. The number of carbonyl (C=O) groups is 1. The van der Waals surface area contributed by atoms with Gasteiger partial charge in [-0.05, 0) is 39.0 Å². The predicted octanol–water partition coefficient (Wildman–Crippen LogP) is 5.00. The SMILES string of the molecule is COc1ccc(Cn2ncc3cc(C(=O)Nc4cc(C(C)(C)C)nn4C(C)(C)C)cnc32)c(OC)c1. The number of rotatable bonds is 6. The van der Waals surface area contributed by atoms with Gasteiger partial charge in [-0.3, -0.25) is 4.79 Å². The summed E-state index contributed by atoms with van der Waals surface area (Å²) in [5.74, 6) is 1.83. The number of aromatic nitrogens is 5. The number of anilines is 1. The monoisotopic (exact) mass is 490 g/mol. The molecule has 1 aromatic carbocycles. The van der Waals surface area contributed by atoms with E-state index in [4.69, 9.17) is 14.6 Å². The Balaban J connectivity index is 1.60. The molecule has 9 heteroatoms. The lowest BCUT2D eigenvalue weighted by Gasteiger charge is -2.23. The van der Waals surface area contributed by atoms with E-state index in [-0.39, 0.29) is 16.9 Å². The summed E-state index contributed by atoms with van der Waals surface area (Å²) in [6.45, 7) is 12.9. The topological polar surface area (TPSA) is 96.1 Å². The Kier molecular flexibility index (Phi) is 6.51. The highest BCUT2D eigenvalue weighted by Crippen LogP contribution is 2.29. The van der Waals surface area contributed by atoms with Crippen LogP contribution in [0.15, 0.2) is 42.7 Å². The fourth-order valence-electron chi connectivity index (χ4n) is 3.89. The van der Waals surface area contributed by atoms with Crippen molar-refractivity contribution < 1.29 is 14.3 Å². The molecule has 36 heavy (non-hydrogen) atoms. The van der Waals surface area contributed by atoms with Crippen LogP contribution >= 0.6 is 0 Å². The third kappa shape index (κ3) is 5.05. The molecule has 9 nitrogen and oxygen atoms in total. The number of nitrogens with zero attached hydrogens (tertiary/aromatic N) is 5. The summed E-state index contributed by atoms with van der Waals surface area (Å²) in [6, 6.07) is 9.40. The molecule has 0 aliphatic carbocycles. The van der Waals surface area contributed by atoms with Crippen LogP contribution in [0, 0.1) is 0 Å². The summed E-state index contributed by atoms with van der Waals surface area (Å²) in [4.78, 5) is 17.7. The molecule has 1 amide bonds. The molecule has 0 spiro atoms. The van der Waals surface area contributed by atoms with Gasteiger partial charge in [0.1, 0.15) is 17.3 Å². The fourth-order valence-corrected chi connectivity index (χ4v) is 3.89. The average Bonchev–Trinajstić information content (AvgIpc) is 3.43. The third-order valence-electron chi connectivity index (χ3n) is 5.91. The first kappa shape index (κ1) is 25.2. The molecule has 0 aliphatic heterocycles. The van der Waals surface area contributed by atoms with Crippen molar-refractivity contribution in [2.75, 3.05) is 19.5 Å². The number of carbonyl (C=O) groups excluding carboxylic acids is 1. The van der Waals surface area contributed by atoms with Gasteiger partial charge in [0.15, 0.2) is 5.65 Å². The van der Waals surface area contributed by atoms with Gasteiger partial charge < -0.3 is 14.8 Å². The molecular formula is C27H34N6O3. The zero-order chi connectivity index (χ0) is 26.3. The lowest BCUT2D eigenvalue weighted by molar-refractivity contribution is 0.102. The maximum absolute atomic E-state index is 13.2. The number of amides is 1. The molecule has 190 valence electrons. The first-order chi connectivity index (χ1) is 16.9. The van der Waals surface area contributed by atoms with E-state index < -0.39 is 0 Å². The lowest BCUT2D eigenvalue weighted by atomic mass is 9.92. The van der Waals surface area contributed by atoms with Crippen molar-refractivity contribution in [2.45, 2.75) is 59.0 Å². The molecule has 3 heterocycles. The first-order valence-electron chi connectivity index (χ1n) is 11.9. The average molecular weight is 491 g/mol. The van der Waals surface area contributed by atoms with Gasteiger partial charge in [-0.2, -0.15) is 10.2 Å². The number of fused-ring (bicyclic) bond motifs is 1. The van der Waals surface area contributed by atoms with E-state index in [0.29, 0.717) is 29.3 Å². The van der Waals surface area contributed by atoms with Crippen LogP contribution in [-0.4, -0.2) is 44.7 Å². The molecule has 0 unspecified atom stereocenters. The van der Waals surface area contributed by atoms with Gasteiger partial charge in [0, 0.05) is 34.7 Å². The number of hydrogen-bond donors (Lipinski definition) is 1. The number of ether oxygens (including phenoxy) is 2. The maximum atomic E-state index is 13.2. The molecule has 4 rings (SSSR count). The Bertz CT molecular complexity index is 1410. The molecule has 0 saturated heterocycles. The van der Waals surface area contributed by atoms with E-state index >= 15 is 0 Å². The minimum atomic E-state index is -0.294. The number of pyridine rings is 1. The second-order valence-corrected chi connectivity index (χ2v) is 10.8. The van der Waals surface area contributed by atoms with Crippen molar-refractivity contribution in [3.8, 4) is 11.5 Å². The van der Waals surface area contributed by atoms with E-state index in [0.717, 1.165) is 22.4 Å². The van der Waals surface area contributed by atoms with Gasteiger partial charge in [0.05, 0.1) is 43.8 Å². The van der Waals surface area contributed by atoms with Gasteiger partial charge in [0.2, 0.25) is 0 Å². The third-order valence-corrected chi connectivity index (χ3v) is 5.91. The number of nitrogens with one attached hydrogen (secondary N) is 1. The van der Waals surface area contributed by atoms with Crippen molar-refractivity contribution in [1.82, 2.24) is 24.5 Å². The van der Waals surface area contributed by atoms with Crippen LogP contribution in [0.5, 0.6) is 11.5 Å². The fraction of sp³-hybridized carbons (Fsp3) is 0.407. The Morgan fingerprint density at radius 3 is 2.39 bits per heavy atom. The van der Waals surface area contributed by atoms with Crippen LogP contribution in [0.3, 0.4) is 0 Å². The van der Waals surface area contributed by atoms with Crippen LogP contribution < -0.4 is 14.8 Å². The zero-order valence-electron chi connectivity index (χ0n) is 22.2. The highest BCUT2D eigenvalue weighted by atomic mass is 16.5. The molecule has 0 fully saturated rings. The molecule has 0 aliphatic rings. The van der Waals surface area contributed by atoms with E-state index in [9.17, 15) is 4.79 Å². The molecule has 4 aromatic rings. The van der Waals surface area contributed by atoms with Gasteiger partial charge in [-0.25, -0.2) is 14.3 Å². The molecule has 0 radical (unpaired) electrons. The van der Waals surface area contributed by atoms with Gasteiger partial charge in [-0.15, -0.1) is 0 Å². The number of benzene rings is 1. The second kappa shape index (κ2) is 9.29. The Morgan fingerprint density at radius 1 is 1.00 bits per heavy atom. The Labute approximate surface area is 211 Å². The molecule has 0 saturated carbocycles. The molecule has 1 N–H and O–H groups in total. The lowest BCUT2D eigenvalue weighted by Crippen LogP contribution is -2.27. The van der Waals surface area contributed by atoms with E-state index in [1.807, 2.05) is 28.9 Å². The molecule has 3 aromatic heterocycles. The van der Waals surface area contributed by atoms with Crippen LogP contribution in [-0.2, 0) is 17.5 Å². The summed E-state index contributed by atoms with van der Waals surface area (Å²) in [7, 11) is 3.24. The van der Waals surface area contributed by atoms with Crippen molar-refractivity contribution in [2.24, 2.45) is 0 Å². The highest BCUT2D eigenvalue weighted by Gasteiger charge is 2.26. The van der Waals surface area contributed by atoms with Crippen LogP contribution in [0.2, 0.25) is 0 Å². The molecule has 0 bridgehead atoms. The van der Waals surface area contributed by atoms with E-state index in [1.165, 1.54) is 0 Å². The minimum absolute atomic E-state index is 0.141. The Morgan fingerprint density at radius 2 is 1.75 bits per heavy atom.